The van der Waals surface area contributed by atoms with Crippen LogP contribution in [-0.4, -0.2) is 37.5 Å². The van der Waals surface area contributed by atoms with Crippen molar-refractivity contribution in [3.63, 3.8) is 0 Å². The maximum absolute atomic E-state index is 12.2. The van der Waals surface area contributed by atoms with Gasteiger partial charge < -0.3 is 10.2 Å². The van der Waals surface area contributed by atoms with Gasteiger partial charge in [-0.15, -0.1) is 0 Å². The third-order valence-electron chi connectivity index (χ3n) is 3.59. The first-order valence-corrected chi connectivity index (χ1v) is 6.64. The molecule has 2 fully saturated rings. The van der Waals surface area contributed by atoms with Crippen molar-refractivity contribution in [1.29, 1.82) is 0 Å². The molecule has 1 amide bonds. The second-order valence-electron chi connectivity index (χ2n) is 5.59. The second-order valence-corrected chi connectivity index (χ2v) is 5.59. The molecule has 2 aliphatic carbocycles. The highest BCUT2D eigenvalue weighted by molar-refractivity contribution is 5.78. The molecule has 92 valence electrons. The van der Waals surface area contributed by atoms with Crippen molar-refractivity contribution in [1.82, 2.24) is 10.2 Å². The Labute approximate surface area is 98.6 Å². The summed E-state index contributed by atoms with van der Waals surface area (Å²) in [5.74, 6) is 2.10. The van der Waals surface area contributed by atoms with E-state index in [0.29, 0.717) is 5.91 Å². The van der Waals surface area contributed by atoms with Gasteiger partial charge in [-0.2, -0.15) is 0 Å². The summed E-state index contributed by atoms with van der Waals surface area (Å²) in [6, 6.07) is 0. The van der Waals surface area contributed by atoms with Crippen LogP contribution < -0.4 is 5.32 Å². The minimum absolute atomic E-state index is 0.127. The lowest BCUT2D eigenvalue weighted by Crippen LogP contribution is -2.40. The van der Waals surface area contributed by atoms with Crippen LogP contribution in [0.4, 0.5) is 0 Å². The zero-order valence-electron chi connectivity index (χ0n) is 10.5. The molecule has 0 aliphatic heterocycles. The Morgan fingerprint density at radius 1 is 1.25 bits per heavy atom. The quantitative estimate of drug-likeness (QED) is 0.710. The monoisotopic (exact) mass is 224 g/mol. The van der Waals surface area contributed by atoms with Gasteiger partial charge in [-0.3, -0.25) is 4.79 Å². The normalized spacial score (nSPS) is 21.9. The van der Waals surface area contributed by atoms with Gasteiger partial charge in [0.1, 0.15) is 0 Å². The van der Waals surface area contributed by atoms with E-state index in [9.17, 15) is 4.79 Å². The Bertz CT molecular complexity index is 232. The van der Waals surface area contributed by atoms with Gasteiger partial charge in [0.05, 0.1) is 0 Å². The lowest BCUT2D eigenvalue weighted by molar-refractivity contribution is -0.135. The van der Waals surface area contributed by atoms with Crippen molar-refractivity contribution in [2.45, 2.75) is 32.6 Å². The minimum Gasteiger partial charge on any atom is -0.342 e. The molecule has 1 atom stereocenters. The standard InChI is InChI=1S/C13H24N2O/c1-10(7-14-2)13(16)15(8-11-3-4-11)9-12-5-6-12/h10-12,14H,3-9H2,1-2H3. The maximum Gasteiger partial charge on any atom is 0.226 e. The van der Waals surface area contributed by atoms with E-state index in [4.69, 9.17) is 0 Å². The third-order valence-corrected chi connectivity index (χ3v) is 3.59. The highest BCUT2D eigenvalue weighted by Crippen LogP contribution is 2.34. The van der Waals surface area contributed by atoms with E-state index in [1.807, 2.05) is 14.0 Å². The van der Waals surface area contributed by atoms with Gasteiger partial charge in [-0.05, 0) is 44.6 Å². The predicted octanol–water partition coefficient (Wildman–Crippen LogP) is 1.49. The number of amides is 1. The number of hydrogen-bond acceptors (Lipinski definition) is 2. The lowest BCUT2D eigenvalue weighted by atomic mass is 10.1. The molecule has 2 aliphatic rings. The zero-order valence-corrected chi connectivity index (χ0v) is 10.5. The third kappa shape index (κ3) is 3.48. The van der Waals surface area contributed by atoms with Crippen LogP contribution in [0.1, 0.15) is 32.6 Å². The highest BCUT2D eigenvalue weighted by Gasteiger charge is 2.32. The zero-order chi connectivity index (χ0) is 11.5. The summed E-state index contributed by atoms with van der Waals surface area (Å²) in [6.45, 7) is 4.86. The molecule has 0 aromatic rings. The molecule has 0 heterocycles. The Morgan fingerprint density at radius 2 is 1.75 bits per heavy atom. The molecule has 1 N–H and O–H groups in total. The summed E-state index contributed by atoms with van der Waals surface area (Å²) in [5.41, 5.74) is 0. The van der Waals surface area contributed by atoms with Crippen LogP contribution in [0.15, 0.2) is 0 Å². The molecule has 2 saturated carbocycles. The average Bonchev–Trinajstić information content (AvgIpc) is 3.10. The maximum atomic E-state index is 12.2. The van der Waals surface area contributed by atoms with Crippen molar-refractivity contribution in [3.8, 4) is 0 Å². The number of nitrogens with one attached hydrogen (secondary N) is 1. The molecule has 0 bridgehead atoms. The van der Waals surface area contributed by atoms with Crippen LogP contribution in [0, 0.1) is 17.8 Å². The van der Waals surface area contributed by atoms with Crippen molar-refractivity contribution in [2.75, 3.05) is 26.7 Å². The topological polar surface area (TPSA) is 32.3 Å². The first kappa shape index (κ1) is 11.9. The summed E-state index contributed by atoms with van der Waals surface area (Å²) in [7, 11) is 1.91. The van der Waals surface area contributed by atoms with E-state index >= 15 is 0 Å². The molecule has 3 heteroatoms. The van der Waals surface area contributed by atoms with Crippen LogP contribution in [0.3, 0.4) is 0 Å². The van der Waals surface area contributed by atoms with Crippen LogP contribution in [0.2, 0.25) is 0 Å². The number of rotatable bonds is 7. The molecule has 3 nitrogen and oxygen atoms in total. The van der Waals surface area contributed by atoms with Crippen LogP contribution in [-0.2, 0) is 4.79 Å². The van der Waals surface area contributed by atoms with Gasteiger partial charge in [-0.1, -0.05) is 6.92 Å². The van der Waals surface area contributed by atoms with E-state index in [0.717, 1.165) is 31.5 Å². The van der Waals surface area contributed by atoms with Crippen LogP contribution >= 0.6 is 0 Å². The summed E-state index contributed by atoms with van der Waals surface area (Å²) in [4.78, 5) is 14.4. The molecular formula is C13H24N2O. The summed E-state index contributed by atoms with van der Waals surface area (Å²) in [6.07, 6.45) is 5.31. The van der Waals surface area contributed by atoms with Crippen molar-refractivity contribution in [3.05, 3.63) is 0 Å². The Hall–Kier alpha value is -0.570. The lowest BCUT2D eigenvalue weighted by Gasteiger charge is -2.26. The van der Waals surface area contributed by atoms with Gasteiger partial charge >= 0.3 is 0 Å². The predicted molar refractivity (Wildman–Crippen MR) is 65.1 cm³/mol. The van der Waals surface area contributed by atoms with Gasteiger partial charge in [0.25, 0.3) is 0 Å². The molecule has 2 rings (SSSR count). The molecular weight excluding hydrogens is 200 g/mol. The fourth-order valence-corrected chi connectivity index (χ4v) is 2.18. The van der Waals surface area contributed by atoms with Gasteiger partial charge in [0, 0.05) is 25.6 Å². The van der Waals surface area contributed by atoms with E-state index in [2.05, 4.69) is 10.2 Å². The van der Waals surface area contributed by atoms with Crippen molar-refractivity contribution < 1.29 is 4.79 Å². The minimum atomic E-state index is 0.127. The Balaban J connectivity index is 1.84. The molecule has 0 aromatic carbocycles. The number of nitrogens with zero attached hydrogens (tertiary/aromatic N) is 1. The van der Waals surface area contributed by atoms with Crippen LogP contribution in [0.5, 0.6) is 0 Å². The van der Waals surface area contributed by atoms with E-state index < -0.39 is 0 Å². The van der Waals surface area contributed by atoms with Crippen LogP contribution in [0.25, 0.3) is 0 Å². The molecule has 0 spiro atoms. The summed E-state index contributed by atoms with van der Waals surface area (Å²) >= 11 is 0. The van der Waals surface area contributed by atoms with Gasteiger partial charge in [0.2, 0.25) is 5.91 Å². The summed E-state index contributed by atoms with van der Waals surface area (Å²) in [5, 5.41) is 3.09. The van der Waals surface area contributed by atoms with Crippen molar-refractivity contribution >= 4 is 5.91 Å². The molecule has 1 unspecified atom stereocenters. The number of carbonyl (C=O) groups is 1. The molecule has 16 heavy (non-hydrogen) atoms. The molecule has 0 aromatic heterocycles. The summed E-state index contributed by atoms with van der Waals surface area (Å²) < 4.78 is 0. The molecule has 0 saturated heterocycles. The first-order valence-electron chi connectivity index (χ1n) is 6.64. The number of hydrogen-bond donors (Lipinski definition) is 1. The number of carbonyl (C=O) groups excluding carboxylic acids is 1. The Morgan fingerprint density at radius 3 is 2.12 bits per heavy atom. The largest absolute Gasteiger partial charge is 0.342 e. The van der Waals surface area contributed by atoms with E-state index in [1.54, 1.807) is 0 Å². The average molecular weight is 224 g/mol. The smallest absolute Gasteiger partial charge is 0.226 e. The van der Waals surface area contributed by atoms with E-state index in [-0.39, 0.29) is 5.92 Å². The highest BCUT2D eigenvalue weighted by atomic mass is 16.2. The SMILES string of the molecule is CNCC(C)C(=O)N(CC1CC1)CC1CC1. The van der Waals surface area contributed by atoms with Gasteiger partial charge in [0.15, 0.2) is 0 Å². The van der Waals surface area contributed by atoms with Crippen molar-refractivity contribution in [2.24, 2.45) is 17.8 Å². The first-order chi connectivity index (χ1) is 7.70. The second kappa shape index (κ2) is 5.17. The Kier molecular flexibility index (Phi) is 3.85. The fourth-order valence-electron chi connectivity index (χ4n) is 2.18. The fraction of sp³-hybridized carbons (Fsp3) is 0.923. The van der Waals surface area contributed by atoms with E-state index in [1.165, 1.54) is 25.7 Å². The van der Waals surface area contributed by atoms with Gasteiger partial charge in [-0.25, -0.2) is 0 Å². The molecule has 0 radical (unpaired) electrons.